The van der Waals surface area contributed by atoms with Crippen LogP contribution < -0.4 is 5.32 Å². The molecule has 24 heavy (non-hydrogen) atoms. The average molecular weight is 327 g/mol. The lowest BCUT2D eigenvalue weighted by Crippen LogP contribution is -2.14. The highest BCUT2D eigenvalue weighted by Crippen LogP contribution is 2.24. The van der Waals surface area contributed by atoms with Crippen molar-refractivity contribution in [2.75, 3.05) is 5.32 Å². The molecule has 6 heteroatoms. The summed E-state index contributed by atoms with van der Waals surface area (Å²) in [6, 6.07) is 12.9. The zero-order chi connectivity index (χ0) is 17.5. The van der Waals surface area contributed by atoms with Crippen molar-refractivity contribution < 1.29 is 24.6 Å². The first-order valence-corrected chi connectivity index (χ1v) is 7.37. The van der Waals surface area contributed by atoms with Crippen LogP contribution in [0.2, 0.25) is 0 Å². The van der Waals surface area contributed by atoms with Gasteiger partial charge in [-0.3, -0.25) is 14.4 Å². The van der Waals surface area contributed by atoms with Gasteiger partial charge in [-0.15, -0.1) is 0 Å². The Morgan fingerprint density at radius 3 is 2.33 bits per heavy atom. The van der Waals surface area contributed by atoms with Crippen LogP contribution in [0, 0.1) is 0 Å². The van der Waals surface area contributed by atoms with Crippen LogP contribution in [-0.4, -0.2) is 27.9 Å². The summed E-state index contributed by atoms with van der Waals surface area (Å²) in [7, 11) is 0. The van der Waals surface area contributed by atoms with Crippen LogP contribution in [0.1, 0.15) is 28.8 Å². The number of Topliss-reactive ketones (excluding diaryl/α,β-unsaturated/α-hetero) is 1. The number of amides is 1. The van der Waals surface area contributed by atoms with E-state index in [1.807, 2.05) is 0 Å². The third kappa shape index (κ3) is 4.95. The highest BCUT2D eigenvalue weighted by Gasteiger charge is 2.12. The van der Waals surface area contributed by atoms with Crippen LogP contribution in [0.5, 0.6) is 5.75 Å². The molecule has 0 atom stereocenters. The predicted octanol–water partition coefficient (Wildman–Crippen LogP) is 2.62. The van der Waals surface area contributed by atoms with E-state index < -0.39 is 11.9 Å². The first-order valence-electron chi connectivity index (χ1n) is 7.37. The molecule has 2 aromatic carbocycles. The van der Waals surface area contributed by atoms with Gasteiger partial charge in [0.25, 0.3) is 0 Å². The summed E-state index contributed by atoms with van der Waals surface area (Å²) in [5, 5.41) is 21.0. The molecule has 0 unspecified atom stereocenters. The van der Waals surface area contributed by atoms with Crippen molar-refractivity contribution in [1.29, 1.82) is 0 Å². The fourth-order valence-corrected chi connectivity index (χ4v) is 2.18. The largest absolute Gasteiger partial charge is 0.506 e. The second kappa shape index (κ2) is 7.92. The Bertz CT molecular complexity index is 755. The molecule has 0 radical (unpaired) electrons. The minimum absolute atomic E-state index is 0.0314. The van der Waals surface area contributed by atoms with E-state index in [4.69, 9.17) is 5.11 Å². The van der Waals surface area contributed by atoms with E-state index in [0.29, 0.717) is 11.1 Å². The standard InChI is InChI=1S/C18H17NO5/c20-15(13-4-2-1-3-5-13)8-9-17(22)19-14-10-12(11-18(23)24)6-7-16(14)21/h1-7,10,21H,8-9,11H2,(H,19,22)(H,23,24). The van der Waals surface area contributed by atoms with Crippen molar-refractivity contribution >= 4 is 23.3 Å². The second-order valence-corrected chi connectivity index (χ2v) is 5.26. The summed E-state index contributed by atoms with van der Waals surface area (Å²) in [4.78, 5) is 34.6. The maximum Gasteiger partial charge on any atom is 0.307 e. The van der Waals surface area contributed by atoms with Crippen molar-refractivity contribution in [3.8, 4) is 5.75 Å². The van der Waals surface area contributed by atoms with E-state index in [-0.39, 0.29) is 36.5 Å². The van der Waals surface area contributed by atoms with Crippen molar-refractivity contribution in [3.05, 3.63) is 59.7 Å². The number of aromatic hydroxyl groups is 1. The van der Waals surface area contributed by atoms with Gasteiger partial charge in [0.15, 0.2) is 5.78 Å². The Kier molecular flexibility index (Phi) is 5.68. The number of carbonyl (C=O) groups excluding carboxylic acids is 2. The van der Waals surface area contributed by atoms with E-state index in [0.717, 1.165) is 0 Å². The van der Waals surface area contributed by atoms with E-state index in [2.05, 4.69) is 5.32 Å². The number of anilines is 1. The molecule has 0 aromatic heterocycles. The van der Waals surface area contributed by atoms with E-state index in [9.17, 15) is 19.5 Å². The summed E-state index contributed by atoms with van der Waals surface area (Å²) in [5.74, 6) is -1.74. The number of hydrogen-bond acceptors (Lipinski definition) is 4. The van der Waals surface area contributed by atoms with Gasteiger partial charge in [0.05, 0.1) is 12.1 Å². The van der Waals surface area contributed by atoms with Gasteiger partial charge in [0.1, 0.15) is 5.75 Å². The highest BCUT2D eigenvalue weighted by molar-refractivity contribution is 6.00. The van der Waals surface area contributed by atoms with Crippen LogP contribution >= 0.6 is 0 Å². The van der Waals surface area contributed by atoms with E-state index in [1.54, 1.807) is 30.3 Å². The molecule has 0 bridgehead atoms. The molecular formula is C18H17NO5. The Balaban J connectivity index is 1.94. The SMILES string of the molecule is O=C(O)Cc1ccc(O)c(NC(=O)CCC(=O)c2ccccc2)c1. The molecule has 0 saturated carbocycles. The lowest BCUT2D eigenvalue weighted by atomic mass is 10.1. The van der Waals surface area contributed by atoms with Gasteiger partial charge in [-0.1, -0.05) is 36.4 Å². The van der Waals surface area contributed by atoms with Crippen molar-refractivity contribution in [1.82, 2.24) is 0 Å². The van der Waals surface area contributed by atoms with Crippen LogP contribution in [-0.2, 0) is 16.0 Å². The summed E-state index contributed by atoms with van der Waals surface area (Å²) in [6.07, 6.45) is -0.197. The smallest absolute Gasteiger partial charge is 0.307 e. The van der Waals surface area contributed by atoms with E-state index >= 15 is 0 Å². The molecule has 0 aliphatic rings. The minimum atomic E-state index is -1.01. The van der Waals surface area contributed by atoms with Crippen LogP contribution in [0.3, 0.4) is 0 Å². The fourth-order valence-electron chi connectivity index (χ4n) is 2.18. The molecule has 6 nitrogen and oxygen atoms in total. The van der Waals surface area contributed by atoms with E-state index in [1.165, 1.54) is 18.2 Å². The zero-order valence-corrected chi connectivity index (χ0v) is 12.9. The highest BCUT2D eigenvalue weighted by atomic mass is 16.4. The number of carbonyl (C=O) groups is 3. The van der Waals surface area contributed by atoms with Crippen LogP contribution in [0.15, 0.2) is 48.5 Å². The maximum absolute atomic E-state index is 11.9. The average Bonchev–Trinajstić information content (AvgIpc) is 2.56. The molecule has 2 rings (SSSR count). The molecule has 0 heterocycles. The number of phenols is 1. The van der Waals surface area contributed by atoms with Crippen LogP contribution in [0.25, 0.3) is 0 Å². The Hall–Kier alpha value is -3.15. The van der Waals surface area contributed by atoms with Crippen molar-refractivity contribution in [3.63, 3.8) is 0 Å². The first-order chi connectivity index (χ1) is 11.5. The quantitative estimate of drug-likeness (QED) is 0.536. The van der Waals surface area contributed by atoms with Gasteiger partial charge in [-0.05, 0) is 17.7 Å². The number of rotatable bonds is 7. The van der Waals surface area contributed by atoms with Gasteiger partial charge >= 0.3 is 5.97 Å². The number of nitrogens with one attached hydrogen (secondary N) is 1. The second-order valence-electron chi connectivity index (χ2n) is 5.26. The molecular weight excluding hydrogens is 310 g/mol. The molecule has 1 amide bonds. The molecule has 0 fully saturated rings. The topological polar surface area (TPSA) is 104 Å². The van der Waals surface area contributed by atoms with Gasteiger partial charge in [-0.2, -0.15) is 0 Å². The van der Waals surface area contributed by atoms with Gasteiger partial charge in [-0.25, -0.2) is 0 Å². The lowest BCUT2D eigenvalue weighted by molar-refractivity contribution is -0.136. The third-order valence-corrected chi connectivity index (χ3v) is 3.37. The third-order valence-electron chi connectivity index (χ3n) is 3.37. The number of aliphatic carboxylic acids is 1. The van der Waals surface area contributed by atoms with Gasteiger partial charge in [0.2, 0.25) is 5.91 Å². The molecule has 2 aromatic rings. The normalized spacial score (nSPS) is 10.2. The van der Waals surface area contributed by atoms with Gasteiger partial charge in [0, 0.05) is 18.4 Å². The first kappa shape index (κ1) is 17.2. The maximum atomic E-state index is 11.9. The molecule has 0 spiro atoms. The molecule has 0 aliphatic carbocycles. The fraction of sp³-hybridized carbons (Fsp3) is 0.167. The Morgan fingerprint density at radius 2 is 1.67 bits per heavy atom. The Morgan fingerprint density at radius 1 is 0.958 bits per heavy atom. The van der Waals surface area contributed by atoms with Crippen LogP contribution in [0.4, 0.5) is 5.69 Å². The Labute approximate surface area is 138 Å². The number of ketones is 1. The monoisotopic (exact) mass is 327 g/mol. The molecule has 124 valence electrons. The number of hydrogen-bond donors (Lipinski definition) is 3. The predicted molar refractivity (Wildman–Crippen MR) is 88.1 cm³/mol. The minimum Gasteiger partial charge on any atom is -0.506 e. The summed E-state index contributed by atoms with van der Waals surface area (Å²) >= 11 is 0. The molecule has 0 aliphatic heterocycles. The van der Waals surface area contributed by atoms with Crippen molar-refractivity contribution in [2.24, 2.45) is 0 Å². The molecule has 3 N–H and O–H groups in total. The summed E-state index contributed by atoms with van der Waals surface area (Å²) < 4.78 is 0. The number of carboxylic acid groups (broad SMARTS) is 1. The molecule has 0 saturated heterocycles. The summed E-state index contributed by atoms with van der Waals surface area (Å²) in [6.45, 7) is 0. The number of carboxylic acids is 1. The zero-order valence-electron chi connectivity index (χ0n) is 12.9. The summed E-state index contributed by atoms with van der Waals surface area (Å²) in [5.41, 5.74) is 1.12. The van der Waals surface area contributed by atoms with Crippen molar-refractivity contribution in [2.45, 2.75) is 19.3 Å². The number of benzene rings is 2. The lowest BCUT2D eigenvalue weighted by Gasteiger charge is -2.09. The number of phenolic OH excluding ortho intramolecular Hbond substituents is 1. The van der Waals surface area contributed by atoms with Gasteiger partial charge < -0.3 is 15.5 Å².